The van der Waals surface area contributed by atoms with E-state index in [-0.39, 0.29) is 0 Å². The van der Waals surface area contributed by atoms with Crippen molar-refractivity contribution in [2.75, 3.05) is 0 Å². The second-order valence-corrected chi connectivity index (χ2v) is 4.04. The molecule has 0 saturated carbocycles. The maximum absolute atomic E-state index is 3.65. The van der Waals surface area contributed by atoms with Gasteiger partial charge in [-0.15, -0.1) is 17.9 Å². The van der Waals surface area contributed by atoms with E-state index >= 15 is 0 Å². The van der Waals surface area contributed by atoms with E-state index in [4.69, 9.17) is 0 Å². The van der Waals surface area contributed by atoms with E-state index < -0.39 is 0 Å². The summed E-state index contributed by atoms with van der Waals surface area (Å²) in [6.45, 7) is 3.65. The van der Waals surface area contributed by atoms with Crippen molar-refractivity contribution in [2.45, 2.75) is 6.42 Å². The van der Waals surface area contributed by atoms with E-state index in [0.29, 0.717) is 0 Å². The number of halogens is 1. The molecule has 0 amide bonds. The minimum atomic E-state index is 0.974. The fourth-order valence-electron chi connectivity index (χ4n) is 0.619. The van der Waals surface area contributed by atoms with Gasteiger partial charge < -0.3 is 0 Å². The molecule has 1 rings (SSSR count). The lowest BCUT2D eigenvalue weighted by molar-refractivity contribution is 1.31. The Kier molecular flexibility index (Phi) is 2.49. The van der Waals surface area contributed by atoms with E-state index in [0.717, 1.165) is 6.42 Å². The molecule has 0 aromatic carbocycles. The van der Waals surface area contributed by atoms with Gasteiger partial charge >= 0.3 is 0 Å². The summed E-state index contributed by atoms with van der Waals surface area (Å²) >= 11 is 5.10. The Balaban J connectivity index is 2.72. The predicted molar refractivity (Wildman–Crippen MR) is 45.9 cm³/mol. The molecule has 0 saturated heterocycles. The summed E-state index contributed by atoms with van der Waals surface area (Å²) in [6.07, 6.45) is 2.89. The second-order valence-electron chi connectivity index (χ2n) is 1.75. The summed E-state index contributed by atoms with van der Waals surface area (Å²) in [7, 11) is 0. The van der Waals surface area contributed by atoms with Gasteiger partial charge in [0, 0.05) is 0 Å². The fraction of sp³-hybridized carbons (Fsp3) is 0.143. The number of allylic oxidation sites excluding steroid dienone is 1. The number of thiophene rings is 1. The third-order valence-electron chi connectivity index (χ3n) is 1.00. The van der Waals surface area contributed by atoms with Crippen LogP contribution in [0.15, 0.2) is 27.9 Å². The largest absolute Gasteiger partial charge is 0.137 e. The van der Waals surface area contributed by atoms with Gasteiger partial charge in [-0.2, -0.15) is 0 Å². The van der Waals surface area contributed by atoms with Crippen molar-refractivity contribution >= 4 is 27.3 Å². The van der Waals surface area contributed by atoms with Gasteiger partial charge in [-0.3, -0.25) is 0 Å². The van der Waals surface area contributed by atoms with Crippen molar-refractivity contribution in [1.29, 1.82) is 0 Å². The molecule has 0 aliphatic heterocycles. The van der Waals surface area contributed by atoms with Crippen LogP contribution in [0.2, 0.25) is 0 Å². The predicted octanol–water partition coefficient (Wildman–Crippen LogP) is 3.24. The van der Waals surface area contributed by atoms with Crippen LogP contribution in [0.4, 0.5) is 0 Å². The Hall–Kier alpha value is -0.0800. The summed E-state index contributed by atoms with van der Waals surface area (Å²) in [4.78, 5) is 0. The quantitative estimate of drug-likeness (QED) is 0.647. The van der Waals surface area contributed by atoms with Crippen molar-refractivity contribution in [1.82, 2.24) is 0 Å². The highest BCUT2D eigenvalue weighted by Gasteiger charge is 1.92. The number of hydrogen-bond acceptors (Lipinski definition) is 1. The third kappa shape index (κ3) is 1.95. The van der Waals surface area contributed by atoms with Crippen LogP contribution >= 0.6 is 27.3 Å². The van der Waals surface area contributed by atoms with Crippen molar-refractivity contribution in [3.05, 3.63) is 33.5 Å². The van der Waals surface area contributed by atoms with Crippen molar-refractivity contribution in [3.8, 4) is 0 Å². The van der Waals surface area contributed by atoms with Crippen LogP contribution < -0.4 is 0 Å². The first-order chi connectivity index (χ1) is 4.33. The Bertz CT molecular complexity index is 202. The molecular weight excluding hydrogens is 196 g/mol. The van der Waals surface area contributed by atoms with E-state index in [9.17, 15) is 0 Å². The molecule has 2 heteroatoms. The highest BCUT2D eigenvalue weighted by molar-refractivity contribution is 9.11. The van der Waals surface area contributed by atoms with Crippen LogP contribution in [0.1, 0.15) is 5.56 Å². The SMILES string of the molecule is C=CCc1csc(Br)c1. The molecule has 0 fully saturated rings. The molecule has 0 atom stereocenters. The van der Waals surface area contributed by atoms with Crippen molar-refractivity contribution < 1.29 is 0 Å². The Morgan fingerprint density at radius 3 is 3.00 bits per heavy atom. The lowest BCUT2D eigenvalue weighted by Gasteiger charge is -1.82. The third-order valence-corrected chi connectivity index (χ3v) is 2.56. The standard InChI is InChI=1S/C7H7BrS/c1-2-3-6-4-7(8)9-5-6/h2,4-5H,1,3H2. The lowest BCUT2D eigenvalue weighted by atomic mass is 10.2. The molecule has 1 aromatic rings. The molecular formula is C7H7BrS. The van der Waals surface area contributed by atoms with E-state index in [1.54, 1.807) is 11.3 Å². The summed E-state index contributed by atoms with van der Waals surface area (Å²) in [6, 6.07) is 2.12. The maximum Gasteiger partial charge on any atom is 0.0701 e. The molecule has 1 aromatic heterocycles. The van der Waals surface area contributed by atoms with Crippen LogP contribution in [0.3, 0.4) is 0 Å². The monoisotopic (exact) mass is 202 g/mol. The molecule has 1 heterocycles. The number of hydrogen-bond donors (Lipinski definition) is 0. The first-order valence-electron chi connectivity index (χ1n) is 2.66. The smallest absolute Gasteiger partial charge is 0.0701 e. The van der Waals surface area contributed by atoms with Gasteiger partial charge in [0.1, 0.15) is 0 Å². The second kappa shape index (κ2) is 3.18. The Morgan fingerprint density at radius 2 is 2.56 bits per heavy atom. The molecule has 0 nitrogen and oxygen atoms in total. The molecule has 0 bridgehead atoms. The minimum Gasteiger partial charge on any atom is -0.137 e. The van der Waals surface area contributed by atoms with Crippen LogP contribution in [0.25, 0.3) is 0 Å². The summed E-state index contributed by atoms with van der Waals surface area (Å²) in [5, 5.41) is 2.13. The van der Waals surface area contributed by atoms with E-state index in [1.807, 2.05) is 6.08 Å². The van der Waals surface area contributed by atoms with E-state index in [1.165, 1.54) is 9.35 Å². The van der Waals surface area contributed by atoms with Crippen molar-refractivity contribution in [3.63, 3.8) is 0 Å². The zero-order valence-corrected chi connectivity index (χ0v) is 7.33. The van der Waals surface area contributed by atoms with Gasteiger partial charge in [-0.05, 0) is 39.4 Å². The molecule has 48 valence electrons. The van der Waals surface area contributed by atoms with Crippen LogP contribution in [-0.4, -0.2) is 0 Å². The molecule has 0 aliphatic carbocycles. The van der Waals surface area contributed by atoms with Gasteiger partial charge in [-0.1, -0.05) is 6.08 Å². The molecule has 9 heavy (non-hydrogen) atoms. The molecule has 0 radical (unpaired) electrons. The summed E-state index contributed by atoms with van der Waals surface area (Å²) in [5.74, 6) is 0. The summed E-state index contributed by atoms with van der Waals surface area (Å²) in [5.41, 5.74) is 1.34. The van der Waals surface area contributed by atoms with Crippen LogP contribution in [0, 0.1) is 0 Å². The first-order valence-corrected chi connectivity index (χ1v) is 4.34. The molecule has 0 aliphatic rings. The lowest BCUT2D eigenvalue weighted by Crippen LogP contribution is -1.69. The zero-order chi connectivity index (χ0) is 6.69. The maximum atomic E-state index is 3.65. The van der Waals surface area contributed by atoms with Gasteiger partial charge in [0.2, 0.25) is 0 Å². The highest BCUT2D eigenvalue weighted by Crippen LogP contribution is 2.20. The van der Waals surface area contributed by atoms with Crippen molar-refractivity contribution in [2.24, 2.45) is 0 Å². The normalized spacial score (nSPS) is 9.44. The topological polar surface area (TPSA) is 0 Å². The Labute approximate surface area is 67.3 Å². The van der Waals surface area contributed by atoms with Gasteiger partial charge in [0.25, 0.3) is 0 Å². The van der Waals surface area contributed by atoms with Gasteiger partial charge in [-0.25, -0.2) is 0 Å². The summed E-state index contributed by atoms with van der Waals surface area (Å²) < 4.78 is 1.19. The highest BCUT2D eigenvalue weighted by atomic mass is 79.9. The zero-order valence-electron chi connectivity index (χ0n) is 4.93. The van der Waals surface area contributed by atoms with Crippen LogP contribution in [-0.2, 0) is 6.42 Å². The molecule has 0 N–H and O–H groups in total. The average molecular weight is 203 g/mol. The van der Waals surface area contributed by atoms with E-state index in [2.05, 4.69) is 34.0 Å². The van der Waals surface area contributed by atoms with Gasteiger partial charge in [0.15, 0.2) is 0 Å². The average Bonchev–Trinajstić information content (AvgIpc) is 2.17. The Morgan fingerprint density at radius 1 is 1.78 bits per heavy atom. The molecule has 0 spiro atoms. The first kappa shape index (κ1) is 7.03. The molecule has 0 unspecified atom stereocenters. The number of rotatable bonds is 2. The fourth-order valence-corrected chi connectivity index (χ4v) is 1.84. The van der Waals surface area contributed by atoms with Gasteiger partial charge in [0.05, 0.1) is 3.79 Å². The minimum absolute atomic E-state index is 0.974. The van der Waals surface area contributed by atoms with Crippen LogP contribution in [0.5, 0.6) is 0 Å².